The molecule has 0 saturated heterocycles. The largest absolute Gasteiger partial charge is 0.326 e. The minimum Gasteiger partial charge on any atom is -0.326 e. The van der Waals surface area contributed by atoms with E-state index in [0.717, 1.165) is 24.6 Å². The average molecular weight is 276 g/mol. The molecule has 1 aliphatic carbocycles. The molecule has 2 rings (SSSR count). The molecule has 4 nitrogen and oxygen atoms in total. The van der Waals surface area contributed by atoms with E-state index in [1.54, 1.807) is 0 Å². The normalized spacial score (nSPS) is 24.4. The summed E-state index contributed by atoms with van der Waals surface area (Å²) in [6.45, 7) is 0. The summed E-state index contributed by atoms with van der Waals surface area (Å²) in [5.74, 6) is -2.21. The zero-order chi connectivity index (χ0) is 13.3. The third kappa shape index (κ3) is 2.52. The summed E-state index contributed by atoms with van der Waals surface area (Å²) in [6.07, 6.45) is 2.08. The molecule has 2 atom stereocenters. The number of sulfonamides is 1. The summed E-state index contributed by atoms with van der Waals surface area (Å²) in [4.78, 5) is -0.941. The van der Waals surface area contributed by atoms with Crippen molar-refractivity contribution in [2.45, 2.75) is 36.2 Å². The van der Waals surface area contributed by atoms with Gasteiger partial charge in [-0.15, -0.1) is 0 Å². The van der Waals surface area contributed by atoms with E-state index < -0.39 is 32.6 Å². The van der Waals surface area contributed by atoms with E-state index in [-0.39, 0.29) is 6.04 Å². The molecule has 7 heteroatoms. The van der Waals surface area contributed by atoms with Gasteiger partial charge in [0.05, 0.1) is 0 Å². The van der Waals surface area contributed by atoms with E-state index in [1.165, 1.54) is 0 Å². The summed E-state index contributed by atoms with van der Waals surface area (Å²) in [7, 11) is -4.22. The monoisotopic (exact) mass is 276 g/mol. The van der Waals surface area contributed by atoms with Crippen molar-refractivity contribution in [3.05, 3.63) is 29.8 Å². The molecule has 0 heterocycles. The van der Waals surface area contributed by atoms with E-state index in [0.29, 0.717) is 12.8 Å². The first kappa shape index (κ1) is 13.4. The van der Waals surface area contributed by atoms with Crippen molar-refractivity contribution < 1.29 is 17.2 Å². The molecule has 1 fully saturated rings. The third-order valence-electron chi connectivity index (χ3n) is 3.06. The molecule has 1 aromatic carbocycles. The van der Waals surface area contributed by atoms with Crippen molar-refractivity contribution in [3.8, 4) is 0 Å². The summed E-state index contributed by atoms with van der Waals surface area (Å²) >= 11 is 0. The molecular formula is C11H14F2N2O2S. The lowest BCUT2D eigenvalue weighted by molar-refractivity contribution is 0.494. The Morgan fingerprint density at radius 2 is 1.83 bits per heavy atom. The van der Waals surface area contributed by atoms with Crippen LogP contribution in [0.4, 0.5) is 8.78 Å². The van der Waals surface area contributed by atoms with Crippen LogP contribution in [0.15, 0.2) is 23.1 Å². The zero-order valence-electron chi connectivity index (χ0n) is 9.57. The second kappa shape index (κ2) is 4.91. The van der Waals surface area contributed by atoms with Gasteiger partial charge in [-0.05, 0) is 25.0 Å². The molecule has 1 aliphatic rings. The van der Waals surface area contributed by atoms with Gasteiger partial charge in [0.25, 0.3) is 0 Å². The second-order valence-electron chi connectivity index (χ2n) is 4.37. The van der Waals surface area contributed by atoms with Gasteiger partial charge in [-0.25, -0.2) is 21.9 Å². The fourth-order valence-electron chi connectivity index (χ4n) is 2.13. The van der Waals surface area contributed by atoms with Crippen LogP contribution in [0.2, 0.25) is 0 Å². The minimum atomic E-state index is -4.22. The van der Waals surface area contributed by atoms with Gasteiger partial charge in [0.1, 0.15) is 11.6 Å². The molecule has 0 aromatic heterocycles. The van der Waals surface area contributed by atoms with Gasteiger partial charge >= 0.3 is 0 Å². The van der Waals surface area contributed by atoms with E-state index >= 15 is 0 Å². The molecule has 18 heavy (non-hydrogen) atoms. The molecular weight excluding hydrogens is 262 g/mol. The van der Waals surface area contributed by atoms with Gasteiger partial charge in [0, 0.05) is 12.1 Å². The highest BCUT2D eigenvalue weighted by molar-refractivity contribution is 7.89. The predicted molar refractivity (Wildman–Crippen MR) is 62.3 cm³/mol. The maximum Gasteiger partial charge on any atom is 0.246 e. The first-order valence-corrected chi connectivity index (χ1v) is 7.12. The van der Waals surface area contributed by atoms with E-state index in [9.17, 15) is 17.2 Å². The van der Waals surface area contributed by atoms with E-state index in [4.69, 9.17) is 5.73 Å². The maximum atomic E-state index is 13.4. The van der Waals surface area contributed by atoms with Gasteiger partial charge in [-0.3, -0.25) is 0 Å². The predicted octanol–water partition coefficient (Wildman–Crippen LogP) is 1.12. The Balaban J connectivity index is 2.31. The number of hydrogen-bond donors (Lipinski definition) is 2. The van der Waals surface area contributed by atoms with Crippen LogP contribution in [0.5, 0.6) is 0 Å². The standard InChI is InChI=1S/C11H14F2N2O2S/c12-7-3-1-4-8(13)11(7)18(16,17)15-10-6-2-5-9(10)14/h1,3-4,9-10,15H,2,5-6,14H2. The number of halogens is 2. The average Bonchev–Trinajstić information content (AvgIpc) is 2.63. The minimum absolute atomic E-state index is 0.311. The van der Waals surface area contributed by atoms with Crippen LogP contribution in [0.3, 0.4) is 0 Å². The van der Waals surface area contributed by atoms with Crippen molar-refractivity contribution in [3.63, 3.8) is 0 Å². The van der Waals surface area contributed by atoms with Crippen LogP contribution in [0, 0.1) is 11.6 Å². The Labute approximate surface area is 104 Å². The van der Waals surface area contributed by atoms with Crippen molar-refractivity contribution in [2.24, 2.45) is 5.73 Å². The van der Waals surface area contributed by atoms with Crippen molar-refractivity contribution in [1.29, 1.82) is 0 Å². The highest BCUT2D eigenvalue weighted by Crippen LogP contribution is 2.22. The van der Waals surface area contributed by atoms with Gasteiger partial charge in [0.2, 0.25) is 10.0 Å². The lowest BCUT2D eigenvalue weighted by Crippen LogP contribution is -2.44. The highest BCUT2D eigenvalue weighted by atomic mass is 32.2. The van der Waals surface area contributed by atoms with Gasteiger partial charge in [-0.1, -0.05) is 12.5 Å². The van der Waals surface area contributed by atoms with Crippen LogP contribution < -0.4 is 10.5 Å². The summed E-state index contributed by atoms with van der Waals surface area (Å²) in [5.41, 5.74) is 5.73. The summed E-state index contributed by atoms with van der Waals surface area (Å²) in [6, 6.07) is 2.16. The lowest BCUT2D eigenvalue weighted by atomic mass is 10.2. The van der Waals surface area contributed by atoms with E-state index in [2.05, 4.69) is 4.72 Å². The van der Waals surface area contributed by atoms with Crippen molar-refractivity contribution >= 4 is 10.0 Å². The lowest BCUT2D eigenvalue weighted by Gasteiger charge is -2.17. The number of hydrogen-bond acceptors (Lipinski definition) is 3. The van der Waals surface area contributed by atoms with Crippen LogP contribution in [-0.4, -0.2) is 20.5 Å². The smallest absolute Gasteiger partial charge is 0.246 e. The number of benzene rings is 1. The Kier molecular flexibility index (Phi) is 3.65. The molecule has 0 bridgehead atoms. The number of nitrogens with two attached hydrogens (primary N) is 1. The molecule has 0 aliphatic heterocycles. The Morgan fingerprint density at radius 3 is 2.33 bits per heavy atom. The highest BCUT2D eigenvalue weighted by Gasteiger charge is 2.31. The van der Waals surface area contributed by atoms with Crippen LogP contribution in [-0.2, 0) is 10.0 Å². The Hall–Kier alpha value is -1.05. The van der Waals surface area contributed by atoms with Crippen LogP contribution in [0.25, 0.3) is 0 Å². The summed E-state index contributed by atoms with van der Waals surface area (Å²) < 4.78 is 53.0. The molecule has 1 aromatic rings. The molecule has 2 unspecified atom stereocenters. The van der Waals surface area contributed by atoms with Crippen molar-refractivity contribution in [2.75, 3.05) is 0 Å². The van der Waals surface area contributed by atoms with E-state index in [1.807, 2.05) is 0 Å². The molecule has 0 spiro atoms. The molecule has 0 radical (unpaired) electrons. The second-order valence-corrected chi connectivity index (χ2v) is 6.02. The summed E-state index contributed by atoms with van der Waals surface area (Å²) in [5, 5.41) is 0. The molecule has 0 amide bonds. The fourth-order valence-corrected chi connectivity index (χ4v) is 3.59. The SMILES string of the molecule is NC1CCCC1NS(=O)(=O)c1c(F)cccc1F. The quantitative estimate of drug-likeness (QED) is 0.869. The fraction of sp³-hybridized carbons (Fsp3) is 0.455. The Bertz CT molecular complexity index is 528. The van der Waals surface area contributed by atoms with Crippen LogP contribution >= 0.6 is 0 Å². The zero-order valence-corrected chi connectivity index (χ0v) is 10.4. The third-order valence-corrected chi connectivity index (χ3v) is 4.60. The number of nitrogens with one attached hydrogen (secondary N) is 1. The molecule has 1 saturated carbocycles. The first-order valence-electron chi connectivity index (χ1n) is 5.64. The number of rotatable bonds is 3. The molecule has 100 valence electrons. The van der Waals surface area contributed by atoms with Crippen molar-refractivity contribution in [1.82, 2.24) is 4.72 Å². The first-order chi connectivity index (χ1) is 8.42. The maximum absolute atomic E-state index is 13.4. The van der Waals surface area contributed by atoms with Gasteiger partial charge < -0.3 is 5.73 Å². The Morgan fingerprint density at radius 1 is 1.22 bits per heavy atom. The molecule has 3 N–H and O–H groups in total. The topological polar surface area (TPSA) is 72.2 Å². The van der Waals surface area contributed by atoms with Crippen LogP contribution in [0.1, 0.15) is 19.3 Å². The van der Waals surface area contributed by atoms with Gasteiger partial charge in [0.15, 0.2) is 4.90 Å². The van der Waals surface area contributed by atoms with Gasteiger partial charge in [-0.2, -0.15) is 0 Å².